The van der Waals surface area contributed by atoms with Gasteiger partial charge >= 0.3 is 0 Å². The molecule has 0 bridgehead atoms. The molecular formula is C18H24N2O2. The molecule has 1 aromatic heterocycles. The van der Waals surface area contributed by atoms with Crippen molar-refractivity contribution in [3.8, 4) is 17.0 Å². The van der Waals surface area contributed by atoms with Crippen molar-refractivity contribution in [2.75, 3.05) is 0 Å². The molecule has 0 amide bonds. The quantitative estimate of drug-likeness (QED) is 0.923. The zero-order chi connectivity index (χ0) is 16.3. The molecule has 0 spiro atoms. The molecule has 2 rings (SSSR count). The van der Waals surface area contributed by atoms with Crippen molar-refractivity contribution in [3.05, 3.63) is 51.8 Å². The van der Waals surface area contributed by atoms with Crippen LogP contribution in [0.15, 0.2) is 35.1 Å². The van der Waals surface area contributed by atoms with Crippen molar-refractivity contribution in [3.63, 3.8) is 0 Å². The highest BCUT2D eigenvalue weighted by atomic mass is 16.5. The van der Waals surface area contributed by atoms with Gasteiger partial charge in [-0.25, -0.2) is 0 Å². The summed E-state index contributed by atoms with van der Waals surface area (Å²) in [7, 11) is 0. The highest BCUT2D eigenvalue weighted by Gasteiger charge is 2.12. The van der Waals surface area contributed by atoms with Gasteiger partial charge in [-0.15, -0.1) is 0 Å². The van der Waals surface area contributed by atoms with Gasteiger partial charge in [0.1, 0.15) is 5.75 Å². The number of ether oxygens (including phenoxy) is 1. The molecule has 0 fully saturated rings. The Bertz CT molecular complexity index is 700. The van der Waals surface area contributed by atoms with Gasteiger partial charge in [0.25, 0.3) is 5.56 Å². The normalized spacial score (nSPS) is 11.0. The summed E-state index contributed by atoms with van der Waals surface area (Å²) in [4.78, 5) is 12.5. The lowest BCUT2D eigenvalue weighted by atomic mass is 10.0. The predicted molar refractivity (Wildman–Crippen MR) is 90.2 cm³/mol. The van der Waals surface area contributed by atoms with Gasteiger partial charge in [-0.2, -0.15) is 0 Å². The third kappa shape index (κ3) is 3.22. The zero-order valence-electron chi connectivity index (χ0n) is 13.7. The van der Waals surface area contributed by atoms with E-state index in [1.807, 2.05) is 58.0 Å². The average molecular weight is 300 g/mol. The first kappa shape index (κ1) is 16.3. The molecule has 0 radical (unpaired) electrons. The molecule has 118 valence electrons. The molecule has 0 unspecified atom stereocenters. The van der Waals surface area contributed by atoms with Crippen molar-refractivity contribution in [2.24, 2.45) is 5.73 Å². The molecule has 1 heterocycles. The highest BCUT2D eigenvalue weighted by Crippen LogP contribution is 2.24. The minimum absolute atomic E-state index is 0.00232. The Hall–Kier alpha value is -2.07. The van der Waals surface area contributed by atoms with Crippen molar-refractivity contribution >= 4 is 0 Å². The minimum atomic E-state index is 0.00232. The molecule has 4 nitrogen and oxygen atoms in total. The molecule has 0 saturated carbocycles. The predicted octanol–water partition coefficient (Wildman–Crippen LogP) is 3.09. The number of pyridine rings is 1. The van der Waals surface area contributed by atoms with E-state index in [-0.39, 0.29) is 18.2 Å². The monoisotopic (exact) mass is 300 g/mol. The number of hydrogen-bond donors (Lipinski definition) is 1. The molecule has 2 aromatic rings. The first-order valence-electron chi connectivity index (χ1n) is 7.68. The largest absolute Gasteiger partial charge is 0.491 e. The van der Waals surface area contributed by atoms with Gasteiger partial charge in [0.05, 0.1) is 11.8 Å². The van der Waals surface area contributed by atoms with Gasteiger partial charge in [-0.3, -0.25) is 4.79 Å². The van der Waals surface area contributed by atoms with Crippen LogP contribution in [0.3, 0.4) is 0 Å². The van der Waals surface area contributed by atoms with Gasteiger partial charge in [0.15, 0.2) is 0 Å². The Kier molecular flexibility index (Phi) is 5.03. The third-order valence-corrected chi connectivity index (χ3v) is 3.67. The van der Waals surface area contributed by atoms with E-state index in [0.717, 1.165) is 22.6 Å². The summed E-state index contributed by atoms with van der Waals surface area (Å²) in [5.74, 6) is 0.833. The van der Waals surface area contributed by atoms with Crippen LogP contribution >= 0.6 is 0 Å². The number of rotatable bonds is 5. The maximum atomic E-state index is 12.5. The Labute approximate surface area is 131 Å². The summed E-state index contributed by atoms with van der Waals surface area (Å²) >= 11 is 0. The molecule has 0 aliphatic carbocycles. The standard InChI is InChI=1S/C18H24N2O2/c1-5-20-17(10-13(4)16(11-19)18(20)21)14-6-8-15(9-7-14)22-12(2)3/h6-10,12H,5,11,19H2,1-4H3. The Morgan fingerprint density at radius 3 is 2.36 bits per heavy atom. The summed E-state index contributed by atoms with van der Waals surface area (Å²) in [5, 5.41) is 0. The van der Waals surface area contributed by atoms with E-state index in [1.54, 1.807) is 4.57 Å². The molecule has 0 aliphatic rings. The number of aromatic nitrogens is 1. The van der Waals surface area contributed by atoms with E-state index >= 15 is 0 Å². The van der Waals surface area contributed by atoms with Crippen LogP contribution in [0.25, 0.3) is 11.3 Å². The van der Waals surface area contributed by atoms with E-state index in [0.29, 0.717) is 12.1 Å². The zero-order valence-corrected chi connectivity index (χ0v) is 13.7. The molecule has 22 heavy (non-hydrogen) atoms. The first-order valence-corrected chi connectivity index (χ1v) is 7.68. The van der Waals surface area contributed by atoms with Gasteiger partial charge in [-0.1, -0.05) is 0 Å². The SMILES string of the molecule is CCn1c(-c2ccc(OC(C)C)cc2)cc(C)c(CN)c1=O. The number of nitrogens with two attached hydrogens (primary N) is 1. The van der Waals surface area contributed by atoms with Crippen molar-refractivity contribution in [1.82, 2.24) is 4.57 Å². The Balaban J connectivity index is 2.50. The van der Waals surface area contributed by atoms with E-state index < -0.39 is 0 Å². The Morgan fingerprint density at radius 1 is 1.23 bits per heavy atom. The van der Waals surface area contributed by atoms with Gasteiger partial charge in [-0.05, 0) is 69.2 Å². The molecule has 0 atom stereocenters. The number of aryl methyl sites for hydroxylation is 1. The second-order valence-corrected chi connectivity index (χ2v) is 5.64. The number of hydrogen-bond acceptors (Lipinski definition) is 3. The van der Waals surface area contributed by atoms with Crippen LogP contribution in [0.2, 0.25) is 0 Å². The van der Waals surface area contributed by atoms with Gasteiger partial charge in [0, 0.05) is 18.7 Å². The summed E-state index contributed by atoms with van der Waals surface area (Å²) in [6, 6.07) is 9.88. The number of nitrogens with zero attached hydrogens (tertiary/aromatic N) is 1. The van der Waals surface area contributed by atoms with Crippen LogP contribution in [0, 0.1) is 6.92 Å². The summed E-state index contributed by atoms with van der Waals surface area (Å²) in [6.07, 6.45) is 0.144. The average Bonchev–Trinajstić information content (AvgIpc) is 2.47. The maximum Gasteiger partial charge on any atom is 0.255 e. The van der Waals surface area contributed by atoms with Crippen LogP contribution < -0.4 is 16.0 Å². The van der Waals surface area contributed by atoms with Crippen molar-refractivity contribution in [2.45, 2.75) is 46.9 Å². The molecule has 2 N–H and O–H groups in total. The number of benzene rings is 1. The minimum Gasteiger partial charge on any atom is -0.491 e. The van der Waals surface area contributed by atoms with E-state index in [2.05, 4.69) is 0 Å². The van der Waals surface area contributed by atoms with E-state index in [9.17, 15) is 4.79 Å². The molecule has 4 heteroatoms. The topological polar surface area (TPSA) is 57.2 Å². The fourth-order valence-corrected chi connectivity index (χ4v) is 2.59. The second kappa shape index (κ2) is 6.79. The van der Waals surface area contributed by atoms with Crippen LogP contribution in [-0.4, -0.2) is 10.7 Å². The highest BCUT2D eigenvalue weighted by molar-refractivity contribution is 5.62. The van der Waals surface area contributed by atoms with Gasteiger partial charge in [0.2, 0.25) is 0 Å². The lowest BCUT2D eigenvalue weighted by molar-refractivity contribution is 0.242. The third-order valence-electron chi connectivity index (χ3n) is 3.67. The lowest BCUT2D eigenvalue weighted by Gasteiger charge is -2.16. The molecule has 0 saturated heterocycles. The van der Waals surface area contributed by atoms with Crippen molar-refractivity contribution < 1.29 is 4.74 Å². The first-order chi connectivity index (χ1) is 10.5. The molecular weight excluding hydrogens is 276 g/mol. The van der Waals surface area contributed by atoms with Crippen LogP contribution in [0.1, 0.15) is 31.9 Å². The fraction of sp³-hybridized carbons (Fsp3) is 0.389. The van der Waals surface area contributed by atoms with E-state index in [1.165, 1.54) is 0 Å². The van der Waals surface area contributed by atoms with Crippen molar-refractivity contribution in [1.29, 1.82) is 0 Å². The van der Waals surface area contributed by atoms with Crippen LogP contribution in [0.4, 0.5) is 0 Å². The maximum absolute atomic E-state index is 12.5. The van der Waals surface area contributed by atoms with E-state index in [4.69, 9.17) is 10.5 Å². The summed E-state index contributed by atoms with van der Waals surface area (Å²) in [5.41, 5.74) is 9.24. The summed E-state index contributed by atoms with van der Waals surface area (Å²) in [6.45, 7) is 8.78. The van der Waals surface area contributed by atoms with Crippen LogP contribution in [0.5, 0.6) is 5.75 Å². The van der Waals surface area contributed by atoms with Gasteiger partial charge < -0.3 is 15.0 Å². The Morgan fingerprint density at radius 2 is 1.86 bits per heavy atom. The fourth-order valence-electron chi connectivity index (χ4n) is 2.59. The molecule has 0 aliphatic heterocycles. The second-order valence-electron chi connectivity index (χ2n) is 5.64. The lowest BCUT2D eigenvalue weighted by Crippen LogP contribution is -2.27. The summed E-state index contributed by atoms with van der Waals surface area (Å²) < 4.78 is 7.43. The molecule has 1 aromatic carbocycles. The smallest absolute Gasteiger partial charge is 0.255 e. The van der Waals surface area contributed by atoms with Crippen LogP contribution in [-0.2, 0) is 13.1 Å².